The molecule has 1 rings (SSSR count). The molecule has 0 aromatic carbocycles. The van der Waals surface area contributed by atoms with Gasteiger partial charge in [0.25, 0.3) is 0 Å². The highest BCUT2D eigenvalue weighted by Gasteiger charge is 2.47. The van der Waals surface area contributed by atoms with Crippen molar-refractivity contribution < 1.29 is 52.1 Å². The molecule has 0 spiro atoms. The van der Waals surface area contributed by atoms with E-state index >= 15 is 0 Å². The number of carbonyl (C=O) groups is 4. The average molecular weight is 1110 g/mol. The number of carboxylic acids is 1. The molecular weight excluding hydrogens is 1030 g/mol. The molecule has 0 fully saturated rings. The van der Waals surface area contributed by atoms with Gasteiger partial charge < -0.3 is 32.9 Å². The van der Waals surface area contributed by atoms with E-state index < -0.39 is 79.3 Å². The lowest BCUT2D eigenvalue weighted by molar-refractivity contribution is -0.147. The zero-order valence-corrected chi connectivity index (χ0v) is 48.0. The van der Waals surface area contributed by atoms with Gasteiger partial charge in [0, 0.05) is 10.8 Å². The van der Waals surface area contributed by atoms with E-state index in [0.717, 1.165) is 53.8 Å². The summed E-state index contributed by atoms with van der Waals surface area (Å²) in [6, 6.07) is 5.26. The summed E-state index contributed by atoms with van der Waals surface area (Å²) in [5.41, 5.74) is 1.62. The molecule has 0 aliphatic heterocycles. The number of hydrogen-bond donors (Lipinski definition) is 1. The summed E-state index contributed by atoms with van der Waals surface area (Å²) in [6.07, 6.45) is 2.39. The highest BCUT2D eigenvalue weighted by atomic mass is 35.6. The minimum Gasteiger partial charge on any atom is -0.481 e. The van der Waals surface area contributed by atoms with Gasteiger partial charge in [0.1, 0.15) is 36.7 Å². The fraction of sp³-hybridized carbons (Fsp3) is 0.756. The van der Waals surface area contributed by atoms with Crippen molar-refractivity contribution in [1.82, 2.24) is 4.98 Å². The van der Waals surface area contributed by atoms with Crippen molar-refractivity contribution in [2.45, 2.75) is 184 Å². The molecule has 1 aromatic rings. The first-order chi connectivity index (χ1) is 30.5. The fourth-order valence-corrected chi connectivity index (χ4v) is 14.6. The van der Waals surface area contributed by atoms with Crippen LogP contribution in [0.15, 0.2) is 22.6 Å². The lowest BCUT2D eigenvalue weighted by atomic mass is 9.73. The highest BCUT2D eigenvalue weighted by molar-refractivity contribution is 7.09. The second-order valence-electron chi connectivity index (χ2n) is 17.6. The van der Waals surface area contributed by atoms with Gasteiger partial charge in [-0.3, -0.25) is 9.59 Å². The van der Waals surface area contributed by atoms with Crippen molar-refractivity contribution in [3.05, 3.63) is 33.3 Å². The average Bonchev–Trinajstić information content (AvgIpc) is 3.70. The standard InChI is InChI=1S/C45H73Cl6NO11SSi2/c1-13-65(14-2,15-3)62-35(32(9)24-34-27-64-37(52-34)26-58-41(56)59-28-44(46,47)48)23-22-30(7)20-19-21-31(8)39(61-42(57)60-29-45(49,50)51)33(10)40(55)43(11,12)36(25-38(53)54)63-66(16-4,17-5)18-6/h22,24,27,31,33,35-36,39H,13-21,23,25-26,28-29H2,1-12H3,(H,53,54)/t31-,33+,35-,36-,39-/m0/s1. The van der Waals surface area contributed by atoms with E-state index in [1.807, 2.05) is 46.1 Å². The summed E-state index contributed by atoms with van der Waals surface area (Å²) in [4.78, 5) is 56.3. The predicted molar refractivity (Wildman–Crippen MR) is 274 cm³/mol. The van der Waals surface area contributed by atoms with Crippen molar-refractivity contribution >= 4 is 128 Å². The van der Waals surface area contributed by atoms with Crippen molar-refractivity contribution in [3.63, 3.8) is 0 Å². The molecule has 0 bridgehead atoms. The number of nitrogens with zero attached hydrogens (tertiary/aromatic N) is 1. The molecule has 0 saturated heterocycles. The first-order valence-corrected chi connectivity index (χ1v) is 30.9. The van der Waals surface area contributed by atoms with E-state index in [4.69, 9.17) is 97.4 Å². The summed E-state index contributed by atoms with van der Waals surface area (Å²) in [7, 11) is -4.39. The summed E-state index contributed by atoms with van der Waals surface area (Å²) < 4.78 is 31.1. The molecule has 0 radical (unpaired) electrons. The van der Waals surface area contributed by atoms with Crippen LogP contribution in [0.5, 0.6) is 0 Å². The van der Waals surface area contributed by atoms with Gasteiger partial charge in [-0.2, -0.15) is 0 Å². The van der Waals surface area contributed by atoms with Gasteiger partial charge in [-0.05, 0) is 93.4 Å². The van der Waals surface area contributed by atoms with Crippen LogP contribution in [-0.2, 0) is 44.0 Å². The second kappa shape index (κ2) is 29.3. The van der Waals surface area contributed by atoms with Gasteiger partial charge in [0.05, 0.1) is 30.2 Å². The predicted octanol–water partition coefficient (Wildman–Crippen LogP) is 15.1. The monoisotopic (exact) mass is 1100 g/mol. The molecule has 12 nitrogen and oxygen atoms in total. The Hall–Kier alpha value is -1.12. The van der Waals surface area contributed by atoms with Crippen LogP contribution >= 0.6 is 80.9 Å². The summed E-state index contributed by atoms with van der Waals surface area (Å²) in [5.74, 6) is -2.54. The minimum absolute atomic E-state index is 0.101. The van der Waals surface area contributed by atoms with Crippen LogP contribution in [0, 0.1) is 17.3 Å². The van der Waals surface area contributed by atoms with Crippen LogP contribution in [0.2, 0.25) is 36.3 Å². The molecular formula is C45H73Cl6NO11SSi2. The molecule has 0 unspecified atom stereocenters. The molecule has 1 N–H and O–H groups in total. The SMILES string of the molecule is CC[Si](CC)(CC)O[C@@H](CC=C(C)CCC[C@H](C)[C@H](OC(=O)OCC(Cl)(Cl)Cl)[C@@H](C)C(=O)C(C)(C)[C@H](CC(=O)O)O[Si](CC)(CC)CC)C(C)=Cc1csc(COC(=O)OCC(Cl)(Cl)Cl)n1. The molecule has 0 aliphatic carbocycles. The number of ketones is 1. The Balaban J connectivity index is 3.34. The number of alkyl halides is 6. The fourth-order valence-electron chi connectivity index (χ4n) is 7.79. The molecule has 0 amide bonds. The molecule has 1 heterocycles. The second-order valence-corrected chi connectivity index (χ2v) is 33.0. The van der Waals surface area contributed by atoms with Crippen molar-refractivity contribution in [2.75, 3.05) is 13.2 Å². The maximum Gasteiger partial charge on any atom is 0.508 e. The third-order valence-electron chi connectivity index (χ3n) is 12.5. The minimum atomic E-state index is -2.34. The Morgan fingerprint density at radius 2 is 1.32 bits per heavy atom. The Kier molecular flexibility index (Phi) is 27.9. The topological polar surface area (TPSA) is 157 Å². The van der Waals surface area contributed by atoms with Crippen LogP contribution in [0.1, 0.15) is 126 Å². The molecule has 5 atom stereocenters. The van der Waals surface area contributed by atoms with Crippen molar-refractivity contribution in [3.8, 4) is 0 Å². The van der Waals surface area contributed by atoms with E-state index in [2.05, 4.69) is 38.8 Å². The number of aromatic nitrogens is 1. The van der Waals surface area contributed by atoms with Crippen LogP contribution in [-0.4, -0.2) is 89.9 Å². The third-order valence-corrected chi connectivity index (χ3v) is 23.3. The van der Waals surface area contributed by atoms with Gasteiger partial charge >= 0.3 is 18.3 Å². The van der Waals surface area contributed by atoms with Crippen molar-refractivity contribution in [2.24, 2.45) is 17.3 Å². The van der Waals surface area contributed by atoms with E-state index in [1.54, 1.807) is 20.8 Å². The summed E-state index contributed by atoms with van der Waals surface area (Å²) in [5, 5.41) is 12.4. The number of thiazole rings is 1. The molecule has 0 aliphatic rings. The van der Waals surface area contributed by atoms with Gasteiger partial charge in [-0.25, -0.2) is 14.6 Å². The number of carboxylic acid groups (broad SMARTS) is 1. The molecule has 0 saturated carbocycles. The summed E-state index contributed by atoms with van der Waals surface area (Å²) in [6.45, 7) is 22.7. The number of hydrogen-bond acceptors (Lipinski definition) is 12. The van der Waals surface area contributed by atoms with Gasteiger partial charge in [0.15, 0.2) is 16.6 Å². The summed E-state index contributed by atoms with van der Waals surface area (Å²) >= 11 is 35.8. The van der Waals surface area contributed by atoms with Crippen LogP contribution in [0.3, 0.4) is 0 Å². The number of Topliss-reactive ketones (excluding diaryl/α,β-unsaturated/α-hetero) is 1. The number of rotatable bonds is 30. The molecule has 21 heteroatoms. The van der Waals surface area contributed by atoms with Crippen LogP contribution in [0.25, 0.3) is 6.08 Å². The Labute approximate surface area is 429 Å². The largest absolute Gasteiger partial charge is 0.508 e. The lowest BCUT2D eigenvalue weighted by Crippen LogP contribution is -2.51. The normalized spacial score (nSPS) is 15.7. The Morgan fingerprint density at radius 3 is 1.82 bits per heavy atom. The Morgan fingerprint density at radius 1 is 0.803 bits per heavy atom. The molecule has 380 valence electrons. The van der Waals surface area contributed by atoms with Gasteiger partial charge in [-0.15, -0.1) is 11.3 Å². The number of carbonyl (C=O) groups excluding carboxylic acids is 3. The van der Waals surface area contributed by atoms with Crippen LogP contribution in [0.4, 0.5) is 9.59 Å². The first-order valence-electron chi connectivity index (χ1n) is 22.7. The highest BCUT2D eigenvalue weighted by Crippen LogP contribution is 2.38. The number of halogens is 6. The van der Waals surface area contributed by atoms with E-state index in [0.29, 0.717) is 30.0 Å². The molecule has 66 heavy (non-hydrogen) atoms. The maximum atomic E-state index is 14.5. The van der Waals surface area contributed by atoms with E-state index in [9.17, 15) is 24.3 Å². The molecule has 1 aromatic heterocycles. The lowest BCUT2D eigenvalue weighted by Gasteiger charge is -2.42. The van der Waals surface area contributed by atoms with E-state index in [-0.39, 0.29) is 30.8 Å². The van der Waals surface area contributed by atoms with Gasteiger partial charge in [-0.1, -0.05) is 150 Å². The quantitative estimate of drug-likeness (QED) is 0.0337. The van der Waals surface area contributed by atoms with Gasteiger partial charge in [0.2, 0.25) is 7.59 Å². The van der Waals surface area contributed by atoms with Crippen LogP contribution < -0.4 is 0 Å². The first kappa shape index (κ1) is 62.9. The maximum absolute atomic E-state index is 14.5. The number of allylic oxidation sites excluding steroid dienone is 1. The smallest absolute Gasteiger partial charge is 0.481 e. The zero-order valence-electron chi connectivity index (χ0n) is 40.7. The van der Waals surface area contributed by atoms with Crippen molar-refractivity contribution in [1.29, 1.82) is 0 Å². The zero-order chi connectivity index (χ0) is 50.7. The van der Waals surface area contributed by atoms with E-state index in [1.165, 1.54) is 11.3 Å². The Bertz CT molecular complexity index is 1730. The number of aliphatic carboxylic acids is 1. The number of ether oxygens (including phenoxy) is 4. The third kappa shape index (κ3) is 22.3.